The number of methoxy groups -OCH3 is 1. The van der Waals surface area contributed by atoms with Crippen LogP contribution in [-0.2, 0) is 25.7 Å². The first kappa shape index (κ1) is 30.3. The summed E-state index contributed by atoms with van der Waals surface area (Å²) in [6.07, 6.45) is 6.30. The Morgan fingerprint density at radius 1 is 1.07 bits per heavy atom. The number of amides is 3. The van der Waals surface area contributed by atoms with Gasteiger partial charge in [0.05, 0.1) is 25.0 Å². The Labute approximate surface area is 260 Å². The minimum Gasteiger partial charge on any atom is -0.497 e. The maximum absolute atomic E-state index is 14.3. The molecule has 8 atom stereocenters. The molecule has 234 valence electrons. The van der Waals surface area contributed by atoms with Crippen molar-refractivity contribution in [3.63, 3.8) is 0 Å². The van der Waals surface area contributed by atoms with Crippen LogP contribution in [0.1, 0.15) is 38.7 Å². The normalized spacial score (nSPS) is 32.2. The fraction of sp³-hybridized carbons (Fsp3) is 0.514. The summed E-state index contributed by atoms with van der Waals surface area (Å²) >= 11 is 0. The van der Waals surface area contributed by atoms with Gasteiger partial charge in [-0.3, -0.25) is 14.4 Å². The molecule has 9 heteroatoms. The van der Waals surface area contributed by atoms with E-state index < -0.39 is 29.6 Å². The van der Waals surface area contributed by atoms with Crippen LogP contribution in [-0.4, -0.2) is 78.6 Å². The lowest BCUT2D eigenvalue weighted by Gasteiger charge is -2.38. The third kappa shape index (κ3) is 5.52. The molecule has 1 spiro atoms. The molecule has 2 aromatic carbocycles. The van der Waals surface area contributed by atoms with E-state index in [9.17, 15) is 14.4 Å². The fourth-order valence-electron chi connectivity index (χ4n) is 7.71. The van der Waals surface area contributed by atoms with E-state index in [1.54, 1.807) is 36.3 Å². The number of carbonyl (C=O) groups is 3. The average molecular weight is 601 g/mol. The largest absolute Gasteiger partial charge is 0.497 e. The summed E-state index contributed by atoms with van der Waals surface area (Å²) in [5.74, 6) is -0.687. The Balaban J connectivity index is 1.25. The molecule has 1 aliphatic carbocycles. The Kier molecular flexibility index (Phi) is 8.53. The highest BCUT2D eigenvalue weighted by atomic mass is 16.5. The number of carbonyl (C=O) groups excluding carboxylic acids is 3. The van der Waals surface area contributed by atoms with Gasteiger partial charge < -0.3 is 29.9 Å². The van der Waals surface area contributed by atoms with E-state index >= 15 is 0 Å². The van der Waals surface area contributed by atoms with Crippen molar-refractivity contribution < 1.29 is 23.9 Å². The van der Waals surface area contributed by atoms with Crippen molar-refractivity contribution in [2.45, 2.75) is 63.4 Å². The summed E-state index contributed by atoms with van der Waals surface area (Å²) in [6, 6.07) is 16.4. The van der Waals surface area contributed by atoms with Crippen LogP contribution in [0.15, 0.2) is 66.7 Å². The summed E-state index contributed by atoms with van der Waals surface area (Å²) in [4.78, 5) is 46.2. The molecule has 2 saturated heterocycles. The number of hydrogen-bond donors (Lipinski definition) is 2. The zero-order valence-corrected chi connectivity index (χ0v) is 26.1. The molecule has 2 bridgehead atoms. The van der Waals surface area contributed by atoms with Crippen LogP contribution in [0.3, 0.4) is 0 Å². The van der Waals surface area contributed by atoms with Gasteiger partial charge in [-0.1, -0.05) is 69.2 Å². The number of fused-ring (bicyclic) bond motifs is 1. The van der Waals surface area contributed by atoms with Gasteiger partial charge in [0.25, 0.3) is 0 Å². The molecule has 0 radical (unpaired) electrons. The summed E-state index contributed by atoms with van der Waals surface area (Å²) < 4.78 is 11.8. The molecule has 4 aliphatic rings. The van der Waals surface area contributed by atoms with Gasteiger partial charge in [0.2, 0.25) is 17.7 Å². The van der Waals surface area contributed by atoms with Crippen molar-refractivity contribution in [2.24, 2.45) is 23.7 Å². The predicted molar refractivity (Wildman–Crippen MR) is 168 cm³/mol. The lowest BCUT2D eigenvalue weighted by molar-refractivity contribution is -0.141. The van der Waals surface area contributed by atoms with Crippen molar-refractivity contribution in [2.75, 3.05) is 32.6 Å². The van der Waals surface area contributed by atoms with Crippen LogP contribution >= 0.6 is 0 Å². The van der Waals surface area contributed by atoms with E-state index in [-0.39, 0.29) is 23.8 Å². The van der Waals surface area contributed by atoms with Gasteiger partial charge in [0.15, 0.2) is 0 Å². The zero-order chi connectivity index (χ0) is 31.0. The number of likely N-dealkylation sites (tertiary alicyclic amines) is 1. The molecule has 8 unspecified atom stereocenters. The minimum absolute atomic E-state index is 0.0381. The van der Waals surface area contributed by atoms with Gasteiger partial charge in [0.1, 0.15) is 17.4 Å². The van der Waals surface area contributed by atoms with E-state index in [2.05, 4.69) is 41.5 Å². The van der Waals surface area contributed by atoms with Crippen LogP contribution in [0.4, 0.5) is 5.69 Å². The van der Waals surface area contributed by atoms with E-state index in [4.69, 9.17) is 9.47 Å². The van der Waals surface area contributed by atoms with E-state index in [1.807, 2.05) is 37.4 Å². The third-order valence-electron chi connectivity index (χ3n) is 10.3. The molecule has 44 heavy (non-hydrogen) atoms. The quantitative estimate of drug-likeness (QED) is 0.402. The minimum atomic E-state index is -1.19. The van der Waals surface area contributed by atoms with Crippen LogP contribution < -0.4 is 15.4 Å². The molecule has 6 rings (SSSR count). The second-order valence-electron chi connectivity index (χ2n) is 13.1. The van der Waals surface area contributed by atoms with Gasteiger partial charge in [-0.25, -0.2) is 0 Å². The van der Waals surface area contributed by atoms with Crippen molar-refractivity contribution in [1.29, 1.82) is 0 Å². The molecule has 3 fully saturated rings. The molecular weight excluding hydrogens is 556 g/mol. The Hall–Kier alpha value is -3.69. The standard InChI is InChI=1S/C35H44N4O5/c1-22-9-8-12-27(23(22)2)37-33(41)31-35-18-17-28(44-35)29(32(40)36-25-13-15-26(43-4)16-14-25)30(35)34(42)39(31)20-19-38(3)21-24-10-6-5-7-11-24/h5-7,10-11,13-18,22-23,27-31H,8-9,12,19-21H2,1-4H3,(H,36,40)(H,37,41). The molecule has 2 aromatic rings. The molecule has 2 N–H and O–H groups in total. The Morgan fingerprint density at radius 2 is 1.82 bits per heavy atom. The van der Waals surface area contributed by atoms with Gasteiger partial charge in [0, 0.05) is 31.4 Å². The number of anilines is 1. The topological polar surface area (TPSA) is 100 Å². The number of ether oxygens (including phenoxy) is 2. The summed E-state index contributed by atoms with van der Waals surface area (Å²) in [7, 11) is 3.60. The van der Waals surface area contributed by atoms with Crippen molar-refractivity contribution >= 4 is 23.4 Å². The van der Waals surface area contributed by atoms with Crippen LogP contribution in [0.25, 0.3) is 0 Å². The van der Waals surface area contributed by atoms with Gasteiger partial charge in [-0.05, 0) is 55.1 Å². The summed E-state index contributed by atoms with van der Waals surface area (Å²) in [5.41, 5.74) is 0.596. The lowest BCUT2D eigenvalue weighted by atomic mass is 9.73. The molecule has 1 saturated carbocycles. The maximum Gasteiger partial charge on any atom is 0.246 e. The van der Waals surface area contributed by atoms with Gasteiger partial charge in [-0.15, -0.1) is 0 Å². The first-order valence-corrected chi connectivity index (χ1v) is 15.9. The predicted octanol–water partition coefficient (Wildman–Crippen LogP) is 3.86. The Bertz CT molecular complexity index is 1400. The highest BCUT2D eigenvalue weighted by Gasteiger charge is 2.72. The smallest absolute Gasteiger partial charge is 0.246 e. The van der Waals surface area contributed by atoms with Crippen molar-refractivity contribution in [3.8, 4) is 5.75 Å². The number of rotatable bonds is 10. The highest BCUT2D eigenvalue weighted by molar-refractivity contribution is 6.02. The fourth-order valence-corrected chi connectivity index (χ4v) is 7.71. The van der Waals surface area contributed by atoms with Crippen LogP contribution in [0.5, 0.6) is 5.75 Å². The number of hydrogen-bond acceptors (Lipinski definition) is 6. The molecule has 3 heterocycles. The third-order valence-corrected chi connectivity index (χ3v) is 10.3. The monoisotopic (exact) mass is 600 g/mol. The second kappa shape index (κ2) is 12.4. The highest BCUT2D eigenvalue weighted by Crippen LogP contribution is 2.55. The van der Waals surface area contributed by atoms with Crippen LogP contribution in [0, 0.1) is 23.7 Å². The number of likely N-dealkylation sites (N-methyl/N-ethyl adjacent to an activating group) is 1. The Morgan fingerprint density at radius 3 is 2.55 bits per heavy atom. The summed E-state index contributed by atoms with van der Waals surface area (Å²) in [6.45, 7) is 6.08. The molecule has 9 nitrogen and oxygen atoms in total. The molecule has 3 amide bonds. The van der Waals surface area contributed by atoms with E-state index in [0.29, 0.717) is 36.4 Å². The summed E-state index contributed by atoms with van der Waals surface area (Å²) in [5, 5.41) is 6.31. The average Bonchev–Trinajstić information content (AvgIpc) is 3.66. The first-order valence-electron chi connectivity index (χ1n) is 15.9. The SMILES string of the molecule is COc1ccc(NC(=O)C2C3C=CC4(O3)C2C(=O)N(CCN(C)Cc2ccccc2)C4C(=O)NC2CCCC(C)C2C)cc1. The molecular formula is C35H44N4O5. The number of nitrogens with one attached hydrogen (secondary N) is 2. The molecule has 0 aromatic heterocycles. The lowest BCUT2D eigenvalue weighted by Crippen LogP contribution is -2.58. The maximum atomic E-state index is 14.3. The first-order chi connectivity index (χ1) is 21.2. The van der Waals surface area contributed by atoms with Gasteiger partial charge in [-0.2, -0.15) is 0 Å². The van der Waals surface area contributed by atoms with Gasteiger partial charge >= 0.3 is 0 Å². The van der Waals surface area contributed by atoms with E-state index in [0.717, 1.165) is 25.8 Å². The zero-order valence-electron chi connectivity index (χ0n) is 26.1. The molecule has 3 aliphatic heterocycles. The van der Waals surface area contributed by atoms with E-state index in [1.165, 1.54) is 5.56 Å². The van der Waals surface area contributed by atoms with Crippen molar-refractivity contribution in [3.05, 3.63) is 72.3 Å². The number of benzene rings is 2. The van der Waals surface area contributed by atoms with Crippen LogP contribution in [0.2, 0.25) is 0 Å². The number of nitrogens with zero attached hydrogens (tertiary/aromatic N) is 2. The van der Waals surface area contributed by atoms with Crippen molar-refractivity contribution in [1.82, 2.24) is 15.1 Å². The second-order valence-corrected chi connectivity index (χ2v) is 13.1.